The Kier molecular flexibility index (Phi) is 8.35. The number of carboxylic acid groups (broad SMARTS) is 1. The van der Waals surface area contributed by atoms with Crippen LogP contribution in [0.5, 0.6) is 5.75 Å². The second kappa shape index (κ2) is 11.0. The molecular formula is C20H23F2N3O4. The van der Waals surface area contributed by atoms with Gasteiger partial charge in [-0.25, -0.2) is 18.4 Å². The van der Waals surface area contributed by atoms with E-state index in [2.05, 4.69) is 10.6 Å². The summed E-state index contributed by atoms with van der Waals surface area (Å²) >= 11 is 0. The van der Waals surface area contributed by atoms with Crippen LogP contribution < -0.4 is 21.1 Å². The van der Waals surface area contributed by atoms with Crippen molar-refractivity contribution in [1.82, 2.24) is 5.32 Å². The summed E-state index contributed by atoms with van der Waals surface area (Å²) in [4.78, 5) is 23.2. The summed E-state index contributed by atoms with van der Waals surface area (Å²) in [5, 5.41) is 14.1. The van der Waals surface area contributed by atoms with Gasteiger partial charge in [0, 0.05) is 11.3 Å². The molecule has 2 amide bonds. The molecule has 29 heavy (non-hydrogen) atoms. The molecule has 0 aliphatic heterocycles. The monoisotopic (exact) mass is 407 g/mol. The molecule has 9 heteroatoms. The number of carboxylic acids is 1. The van der Waals surface area contributed by atoms with Crippen molar-refractivity contribution in [1.29, 1.82) is 0 Å². The van der Waals surface area contributed by atoms with E-state index in [1.165, 1.54) is 12.1 Å². The van der Waals surface area contributed by atoms with Crippen LogP contribution in [0.2, 0.25) is 0 Å². The number of carbonyl (C=O) groups is 2. The van der Waals surface area contributed by atoms with Crippen LogP contribution in [-0.2, 0) is 11.4 Å². The Labute approximate surface area is 166 Å². The molecule has 156 valence electrons. The van der Waals surface area contributed by atoms with Gasteiger partial charge in [-0.15, -0.1) is 0 Å². The number of rotatable bonds is 10. The third-order valence-corrected chi connectivity index (χ3v) is 4.09. The lowest BCUT2D eigenvalue weighted by atomic mass is 10.1. The van der Waals surface area contributed by atoms with E-state index in [9.17, 15) is 23.5 Å². The van der Waals surface area contributed by atoms with Gasteiger partial charge < -0.3 is 26.2 Å². The minimum atomic E-state index is -1.12. The smallest absolute Gasteiger partial charge is 0.326 e. The summed E-state index contributed by atoms with van der Waals surface area (Å²) in [6.45, 7) is 0.304. The molecule has 0 spiro atoms. The minimum absolute atomic E-state index is 0.0842. The Morgan fingerprint density at radius 3 is 2.48 bits per heavy atom. The van der Waals surface area contributed by atoms with Crippen molar-refractivity contribution in [3.05, 3.63) is 59.7 Å². The summed E-state index contributed by atoms with van der Waals surface area (Å²) in [5.41, 5.74) is 5.88. The molecule has 1 unspecified atom stereocenters. The van der Waals surface area contributed by atoms with E-state index in [0.717, 1.165) is 6.07 Å². The number of unbranched alkanes of at least 4 members (excludes halogenated alkanes) is 1. The molecule has 0 saturated carbocycles. The molecule has 0 heterocycles. The van der Waals surface area contributed by atoms with Gasteiger partial charge in [0.25, 0.3) is 0 Å². The third-order valence-electron chi connectivity index (χ3n) is 4.09. The zero-order valence-electron chi connectivity index (χ0n) is 15.7. The number of carbonyl (C=O) groups excluding carboxylic acids is 1. The number of halogens is 2. The van der Waals surface area contributed by atoms with Crippen LogP contribution in [0.1, 0.15) is 24.8 Å². The lowest BCUT2D eigenvalue weighted by Crippen LogP contribution is -2.43. The topological polar surface area (TPSA) is 114 Å². The normalized spacial score (nSPS) is 11.6. The highest BCUT2D eigenvalue weighted by atomic mass is 19.2. The molecular weight excluding hydrogens is 384 g/mol. The van der Waals surface area contributed by atoms with Crippen LogP contribution in [-0.4, -0.2) is 29.7 Å². The maximum atomic E-state index is 13.6. The number of urea groups is 1. The van der Waals surface area contributed by atoms with Crippen molar-refractivity contribution in [3.8, 4) is 5.75 Å². The van der Waals surface area contributed by atoms with Gasteiger partial charge in [0.1, 0.15) is 18.4 Å². The highest BCUT2D eigenvalue weighted by Crippen LogP contribution is 2.19. The first kappa shape index (κ1) is 22.1. The lowest BCUT2D eigenvalue weighted by molar-refractivity contribution is -0.139. The maximum absolute atomic E-state index is 13.6. The SMILES string of the molecule is NCCCCC(NC(=O)Nc1ccc(OCc2cccc(F)c2F)cc1)C(=O)O. The van der Waals surface area contributed by atoms with E-state index in [-0.39, 0.29) is 18.6 Å². The molecule has 2 aromatic carbocycles. The van der Waals surface area contributed by atoms with Gasteiger partial charge in [-0.2, -0.15) is 0 Å². The number of hydrogen-bond donors (Lipinski definition) is 4. The number of hydrogen-bond acceptors (Lipinski definition) is 4. The van der Waals surface area contributed by atoms with Crippen molar-refractivity contribution in [2.45, 2.75) is 31.9 Å². The van der Waals surface area contributed by atoms with Gasteiger partial charge in [0.05, 0.1) is 0 Å². The van der Waals surface area contributed by atoms with E-state index in [0.29, 0.717) is 30.8 Å². The predicted octanol–water partition coefficient (Wildman–Crippen LogP) is 3.25. The number of benzene rings is 2. The van der Waals surface area contributed by atoms with Crippen LogP contribution in [0, 0.1) is 11.6 Å². The molecule has 0 saturated heterocycles. The zero-order valence-corrected chi connectivity index (χ0v) is 15.7. The highest BCUT2D eigenvalue weighted by molar-refractivity contribution is 5.92. The van der Waals surface area contributed by atoms with Crippen LogP contribution in [0.25, 0.3) is 0 Å². The molecule has 0 bridgehead atoms. The fourth-order valence-corrected chi connectivity index (χ4v) is 2.53. The molecule has 0 aliphatic carbocycles. The molecule has 5 N–H and O–H groups in total. The van der Waals surface area contributed by atoms with Crippen LogP contribution in [0.15, 0.2) is 42.5 Å². The molecule has 2 rings (SSSR count). The molecule has 0 radical (unpaired) electrons. The van der Waals surface area contributed by atoms with Crippen LogP contribution >= 0.6 is 0 Å². The van der Waals surface area contributed by atoms with Crippen molar-refractivity contribution in [2.24, 2.45) is 5.73 Å². The standard InChI is InChI=1S/C20H23F2N3O4/c21-16-5-3-4-13(18(16)22)12-29-15-9-7-14(8-10-15)24-20(28)25-17(19(26)27)6-1-2-11-23/h3-5,7-10,17H,1-2,6,11-12,23H2,(H,26,27)(H2,24,25,28). The Balaban J connectivity index is 1.86. The second-order valence-electron chi connectivity index (χ2n) is 6.30. The van der Waals surface area contributed by atoms with Crippen molar-refractivity contribution in [2.75, 3.05) is 11.9 Å². The van der Waals surface area contributed by atoms with Crippen LogP contribution in [0.4, 0.5) is 19.3 Å². The van der Waals surface area contributed by atoms with E-state index in [4.69, 9.17) is 10.5 Å². The lowest BCUT2D eigenvalue weighted by Gasteiger charge is -2.15. The van der Waals surface area contributed by atoms with E-state index in [1.807, 2.05) is 0 Å². The number of amides is 2. The average Bonchev–Trinajstić information content (AvgIpc) is 2.69. The molecule has 2 aromatic rings. The number of nitrogens with two attached hydrogens (primary N) is 1. The first-order valence-corrected chi connectivity index (χ1v) is 9.07. The summed E-state index contributed by atoms with van der Waals surface area (Å²) < 4.78 is 32.2. The maximum Gasteiger partial charge on any atom is 0.326 e. The van der Waals surface area contributed by atoms with Gasteiger partial charge in [0.15, 0.2) is 11.6 Å². The highest BCUT2D eigenvalue weighted by Gasteiger charge is 2.19. The Hall–Kier alpha value is -3.20. The quantitative estimate of drug-likeness (QED) is 0.452. The molecule has 1 atom stereocenters. The fraction of sp³-hybridized carbons (Fsp3) is 0.300. The Morgan fingerprint density at radius 2 is 1.83 bits per heavy atom. The fourth-order valence-electron chi connectivity index (χ4n) is 2.53. The summed E-state index contributed by atoms with van der Waals surface area (Å²) in [7, 11) is 0. The number of anilines is 1. The van der Waals surface area contributed by atoms with Crippen molar-refractivity contribution in [3.63, 3.8) is 0 Å². The van der Waals surface area contributed by atoms with Gasteiger partial charge in [-0.1, -0.05) is 12.1 Å². The Bertz CT molecular complexity index is 831. The summed E-state index contributed by atoms with van der Waals surface area (Å²) in [6.07, 6.45) is 1.54. The zero-order chi connectivity index (χ0) is 21.2. The van der Waals surface area contributed by atoms with E-state index < -0.39 is 29.7 Å². The molecule has 0 fully saturated rings. The van der Waals surface area contributed by atoms with Gasteiger partial charge >= 0.3 is 12.0 Å². The first-order valence-electron chi connectivity index (χ1n) is 9.07. The first-order chi connectivity index (χ1) is 13.9. The minimum Gasteiger partial charge on any atom is -0.489 e. The van der Waals surface area contributed by atoms with Crippen molar-refractivity contribution >= 4 is 17.7 Å². The van der Waals surface area contributed by atoms with Crippen molar-refractivity contribution < 1.29 is 28.2 Å². The van der Waals surface area contributed by atoms with Gasteiger partial charge in [-0.3, -0.25) is 0 Å². The number of ether oxygens (including phenoxy) is 1. The van der Waals surface area contributed by atoms with Crippen LogP contribution in [0.3, 0.4) is 0 Å². The third kappa shape index (κ3) is 7.04. The van der Waals surface area contributed by atoms with E-state index >= 15 is 0 Å². The average molecular weight is 407 g/mol. The molecule has 7 nitrogen and oxygen atoms in total. The molecule has 0 aliphatic rings. The van der Waals surface area contributed by atoms with Gasteiger partial charge in [-0.05, 0) is 56.1 Å². The summed E-state index contributed by atoms with van der Waals surface area (Å²) in [6, 6.07) is 8.35. The second-order valence-corrected chi connectivity index (χ2v) is 6.30. The van der Waals surface area contributed by atoms with E-state index in [1.54, 1.807) is 24.3 Å². The summed E-state index contributed by atoms with van der Waals surface area (Å²) in [5.74, 6) is -2.63. The largest absolute Gasteiger partial charge is 0.489 e. The Morgan fingerprint density at radius 1 is 1.10 bits per heavy atom. The number of nitrogens with one attached hydrogen (secondary N) is 2. The molecule has 0 aromatic heterocycles. The number of aliphatic carboxylic acids is 1. The van der Waals surface area contributed by atoms with Gasteiger partial charge in [0.2, 0.25) is 0 Å². The predicted molar refractivity (Wildman–Crippen MR) is 104 cm³/mol.